The summed E-state index contributed by atoms with van der Waals surface area (Å²) in [6.45, 7) is 0. The van der Waals surface area contributed by atoms with Gasteiger partial charge in [0.05, 0.1) is 0 Å². The van der Waals surface area contributed by atoms with Crippen molar-refractivity contribution in [3.63, 3.8) is 0 Å². The fraction of sp³-hybridized carbons (Fsp3) is 0. The van der Waals surface area contributed by atoms with Crippen molar-refractivity contribution in [1.82, 2.24) is 0 Å². The van der Waals surface area contributed by atoms with E-state index >= 15 is 0 Å². The summed E-state index contributed by atoms with van der Waals surface area (Å²) >= 11 is 0. The molecule has 4 heteroatoms. The minimum absolute atomic E-state index is 1.31. The lowest BCUT2D eigenvalue weighted by atomic mass is 9.65. The molecule has 0 radical (unpaired) electrons. The SMILES string of the molecule is Bc1cc(-c2ccccc2)c(B)c(B)c1B. The molecule has 0 saturated carbocycles. The molecule has 0 N–H and O–H groups in total. The third-order valence-electron chi connectivity index (χ3n) is 3.57. The van der Waals surface area contributed by atoms with Gasteiger partial charge in [0.25, 0.3) is 0 Å². The maximum absolute atomic E-state index is 2.30. The zero-order chi connectivity index (χ0) is 11.7. The van der Waals surface area contributed by atoms with Crippen LogP contribution >= 0.6 is 0 Å². The van der Waals surface area contributed by atoms with Crippen LogP contribution in [0.15, 0.2) is 36.4 Å². The first-order valence-electron chi connectivity index (χ1n) is 5.74. The molecule has 0 aromatic heterocycles. The van der Waals surface area contributed by atoms with Crippen LogP contribution in [0.2, 0.25) is 0 Å². The molecule has 16 heavy (non-hydrogen) atoms. The van der Waals surface area contributed by atoms with E-state index in [9.17, 15) is 0 Å². The number of rotatable bonds is 1. The Morgan fingerprint density at radius 2 is 1.31 bits per heavy atom. The second-order valence-corrected chi connectivity index (χ2v) is 4.48. The van der Waals surface area contributed by atoms with Crippen LogP contribution < -0.4 is 21.9 Å². The predicted octanol–water partition coefficient (Wildman–Crippen LogP) is -3.61. The molecule has 2 rings (SSSR count). The molecule has 2 aromatic carbocycles. The Kier molecular flexibility index (Phi) is 3.00. The molecule has 0 spiro atoms. The third kappa shape index (κ3) is 1.84. The molecule has 0 bridgehead atoms. The Bertz CT molecular complexity index is 520. The first kappa shape index (κ1) is 11.2. The van der Waals surface area contributed by atoms with E-state index in [0.29, 0.717) is 0 Å². The molecule has 0 saturated heterocycles. The Balaban J connectivity index is 2.68. The molecule has 0 aliphatic heterocycles. The summed E-state index contributed by atoms with van der Waals surface area (Å²) in [6, 6.07) is 12.9. The van der Waals surface area contributed by atoms with Gasteiger partial charge in [0.1, 0.15) is 31.4 Å². The highest BCUT2D eigenvalue weighted by atomic mass is 14.0. The Morgan fingerprint density at radius 3 is 1.94 bits per heavy atom. The topological polar surface area (TPSA) is 0 Å². The monoisotopic (exact) mass is 202 g/mol. The maximum atomic E-state index is 2.30. The molecule has 0 aliphatic rings. The zero-order valence-corrected chi connectivity index (χ0v) is 10.5. The Hall–Kier alpha value is -1.30. The van der Waals surface area contributed by atoms with Crippen LogP contribution in [0.5, 0.6) is 0 Å². The van der Waals surface area contributed by atoms with Crippen LogP contribution in [0.1, 0.15) is 0 Å². The highest BCUT2D eigenvalue weighted by molar-refractivity contribution is 6.63. The molecular weight excluding hydrogens is 187 g/mol. The minimum atomic E-state index is 1.31. The maximum Gasteiger partial charge on any atom is 0.139 e. The summed E-state index contributed by atoms with van der Waals surface area (Å²) in [5.41, 5.74) is 8.28. The van der Waals surface area contributed by atoms with Crippen molar-refractivity contribution in [2.24, 2.45) is 0 Å². The largest absolute Gasteiger partial charge is 0.139 e. The molecule has 0 aliphatic carbocycles. The van der Waals surface area contributed by atoms with E-state index < -0.39 is 0 Å². The molecule has 0 fully saturated rings. The second kappa shape index (κ2) is 4.29. The predicted molar refractivity (Wildman–Crippen MR) is 84.6 cm³/mol. The fourth-order valence-corrected chi connectivity index (χ4v) is 2.13. The Morgan fingerprint density at radius 1 is 0.688 bits per heavy atom. The van der Waals surface area contributed by atoms with Crippen LogP contribution in [-0.2, 0) is 0 Å². The van der Waals surface area contributed by atoms with Gasteiger partial charge in [-0.05, 0) is 11.1 Å². The molecule has 0 unspecified atom stereocenters. The minimum Gasteiger partial charge on any atom is -0.102 e. The molecule has 0 nitrogen and oxygen atoms in total. The molecular formula is C12H14B4. The van der Waals surface area contributed by atoms with E-state index in [0.717, 1.165) is 0 Å². The smallest absolute Gasteiger partial charge is 0.102 e. The number of hydrogen-bond donors (Lipinski definition) is 0. The average Bonchev–Trinajstić information content (AvgIpc) is 2.32. The summed E-state index contributed by atoms with van der Waals surface area (Å²) in [6.07, 6.45) is 0. The van der Waals surface area contributed by atoms with Crippen molar-refractivity contribution < 1.29 is 0 Å². The molecule has 2 aromatic rings. The van der Waals surface area contributed by atoms with Gasteiger partial charge in [-0.15, -0.1) is 10.9 Å². The quantitative estimate of drug-likeness (QED) is 0.418. The lowest BCUT2D eigenvalue weighted by molar-refractivity contribution is 1.68. The van der Waals surface area contributed by atoms with Crippen molar-refractivity contribution in [2.45, 2.75) is 0 Å². The van der Waals surface area contributed by atoms with Gasteiger partial charge in [-0.2, -0.15) is 0 Å². The fourth-order valence-electron chi connectivity index (χ4n) is 2.13. The van der Waals surface area contributed by atoms with Crippen molar-refractivity contribution >= 4 is 53.2 Å². The van der Waals surface area contributed by atoms with Crippen LogP contribution in [-0.4, -0.2) is 31.4 Å². The van der Waals surface area contributed by atoms with Gasteiger partial charge in [0.2, 0.25) is 0 Å². The zero-order valence-electron chi connectivity index (χ0n) is 10.5. The summed E-state index contributed by atoms with van der Waals surface area (Å²) in [4.78, 5) is 0. The summed E-state index contributed by atoms with van der Waals surface area (Å²) in [7, 11) is 8.81. The van der Waals surface area contributed by atoms with Crippen LogP contribution in [0.25, 0.3) is 11.1 Å². The average molecular weight is 201 g/mol. The van der Waals surface area contributed by atoms with Crippen LogP contribution in [0.4, 0.5) is 0 Å². The normalized spacial score (nSPS) is 10.2. The van der Waals surface area contributed by atoms with E-state index in [1.165, 1.54) is 33.0 Å². The number of benzene rings is 2. The Labute approximate surface area is 101 Å². The molecule has 0 atom stereocenters. The van der Waals surface area contributed by atoms with Gasteiger partial charge in [-0.25, -0.2) is 0 Å². The van der Waals surface area contributed by atoms with Crippen LogP contribution in [0, 0.1) is 0 Å². The van der Waals surface area contributed by atoms with E-state index in [1.54, 1.807) is 0 Å². The van der Waals surface area contributed by atoms with Gasteiger partial charge < -0.3 is 0 Å². The van der Waals surface area contributed by atoms with E-state index in [2.05, 4.69) is 67.8 Å². The van der Waals surface area contributed by atoms with Crippen molar-refractivity contribution in [3.05, 3.63) is 36.4 Å². The van der Waals surface area contributed by atoms with Crippen molar-refractivity contribution in [1.29, 1.82) is 0 Å². The van der Waals surface area contributed by atoms with Gasteiger partial charge in [0.15, 0.2) is 0 Å². The van der Waals surface area contributed by atoms with E-state index in [1.807, 2.05) is 0 Å². The summed E-state index contributed by atoms with van der Waals surface area (Å²) in [5, 5.41) is 0. The second-order valence-electron chi connectivity index (χ2n) is 4.48. The van der Waals surface area contributed by atoms with Gasteiger partial charge in [0, 0.05) is 0 Å². The molecule has 0 amide bonds. The highest BCUT2D eigenvalue weighted by Gasteiger charge is 2.07. The molecule has 0 heterocycles. The molecule has 74 valence electrons. The lowest BCUT2D eigenvalue weighted by Crippen LogP contribution is -2.47. The van der Waals surface area contributed by atoms with Gasteiger partial charge >= 0.3 is 0 Å². The van der Waals surface area contributed by atoms with Gasteiger partial charge in [-0.3, -0.25) is 0 Å². The van der Waals surface area contributed by atoms with E-state index in [-0.39, 0.29) is 0 Å². The van der Waals surface area contributed by atoms with Crippen LogP contribution in [0.3, 0.4) is 0 Å². The third-order valence-corrected chi connectivity index (χ3v) is 3.57. The van der Waals surface area contributed by atoms with Crippen molar-refractivity contribution in [2.75, 3.05) is 0 Å². The first-order valence-corrected chi connectivity index (χ1v) is 5.74. The van der Waals surface area contributed by atoms with Gasteiger partial charge in [-0.1, -0.05) is 47.3 Å². The first-order chi connectivity index (χ1) is 7.61. The summed E-state index contributed by atoms with van der Waals surface area (Å²) < 4.78 is 0. The lowest BCUT2D eigenvalue weighted by Gasteiger charge is -2.15. The number of hydrogen-bond acceptors (Lipinski definition) is 0. The van der Waals surface area contributed by atoms with E-state index in [4.69, 9.17) is 0 Å². The van der Waals surface area contributed by atoms with Crippen molar-refractivity contribution in [3.8, 4) is 11.1 Å². The summed E-state index contributed by atoms with van der Waals surface area (Å²) in [5.74, 6) is 0. The highest BCUT2D eigenvalue weighted by Crippen LogP contribution is 2.13. The standard InChI is InChI=1S/C12H14B4/c13-9-6-8(7-4-2-1-3-5-7)10(14)12(16)11(9)15/h1-6H,13-16H2.